The standard InChI is InChI=1S/C16H17F3N2O2/c1-20-7-6-15(14(20)23)8-16(18,19)10-21(9-15)13(22)11-4-2-3-5-12(11)17/h2-5H,6-10H2,1H3/t15-/m1/s1. The van der Waals surface area contributed by atoms with E-state index in [9.17, 15) is 22.8 Å². The Bertz CT molecular complexity index is 664. The van der Waals surface area contributed by atoms with Crippen molar-refractivity contribution in [1.82, 2.24) is 9.80 Å². The second-order valence-corrected chi connectivity index (χ2v) is 6.43. The van der Waals surface area contributed by atoms with E-state index >= 15 is 0 Å². The van der Waals surface area contributed by atoms with Crippen LogP contribution in [0.4, 0.5) is 13.2 Å². The zero-order valence-electron chi connectivity index (χ0n) is 12.7. The maximum absolute atomic E-state index is 14.2. The van der Waals surface area contributed by atoms with Gasteiger partial charge in [0.1, 0.15) is 5.82 Å². The summed E-state index contributed by atoms with van der Waals surface area (Å²) in [6, 6.07) is 5.27. The Morgan fingerprint density at radius 1 is 1.22 bits per heavy atom. The number of benzene rings is 1. The van der Waals surface area contributed by atoms with Crippen molar-refractivity contribution in [2.45, 2.75) is 18.8 Å². The molecule has 7 heteroatoms. The number of nitrogens with zero attached hydrogens (tertiary/aromatic N) is 2. The number of likely N-dealkylation sites (tertiary alicyclic amines) is 2. The molecule has 4 nitrogen and oxygen atoms in total. The molecule has 0 unspecified atom stereocenters. The molecule has 1 aromatic carbocycles. The molecule has 0 aliphatic carbocycles. The number of carbonyl (C=O) groups excluding carboxylic acids is 2. The molecule has 1 spiro atoms. The Balaban J connectivity index is 1.92. The largest absolute Gasteiger partial charge is 0.345 e. The summed E-state index contributed by atoms with van der Waals surface area (Å²) in [6.45, 7) is -0.505. The fourth-order valence-corrected chi connectivity index (χ4v) is 3.56. The van der Waals surface area contributed by atoms with Gasteiger partial charge in [0, 0.05) is 26.6 Å². The summed E-state index contributed by atoms with van der Waals surface area (Å²) in [5.41, 5.74) is -1.52. The lowest BCUT2D eigenvalue weighted by Crippen LogP contribution is -2.57. The van der Waals surface area contributed by atoms with E-state index in [0.717, 1.165) is 11.0 Å². The number of rotatable bonds is 1. The zero-order chi connectivity index (χ0) is 16.8. The average Bonchev–Trinajstić information content (AvgIpc) is 2.74. The Hall–Kier alpha value is -2.05. The molecule has 0 aromatic heterocycles. The molecule has 2 aliphatic rings. The van der Waals surface area contributed by atoms with Gasteiger partial charge in [-0.3, -0.25) is 9.59 Å². The van der Waals surface area contributed by atoms with Crippen molar-refractivity contribution in [3.63, 3.8) is 0 Å². The van der Waals surface area contributed by atoms with E-state index in [1.807, 2.05) is 0 Å². The van der Waals surface area contributed by atoms with Crippen LogP contribution in [0.25, 0.3) is 0 Å². The first-order valence-electron chi connectivity index (χ1n) is 7.41. The fourth-order valence-electron chi connectivity index (χ4n) is 3.56. The van der Waals surface area contributed by atoms with Gasteiger partial charge in [-0.2, -0.15) is 0 Å². The van der Waals surface area contributed by atoms with E-state index in [1.54, 1.807) is 7.05 Å². The smallest absolute Gasteiger partial charge is 0.266 e. The number of halogens is 3. The van der Waals surface area contributed by atoms with Crippen LogP contribution in [-0.2, 0) is 4.79 Å². The van der Waals surface area contributed by atoms with Crippen LogP contribution in [0.1, 0.15) is 23.2 Å². The van der Waals surface area contributed by atoms with Gasteiger partial charge >= 0.3 is 0 Å². The van der Waals surface area contributed by atoms with E-state index in [1.165, 1.54) is 23.1 Å². The molecule has 3 rings (SSSR count). The summed E-state index contributed by atoms with van der Waals surface area (Å²) < 4.78 is 42.1. The predicted octanol–water partition coefficient (Wildman–Crippen LogP) is 2.16. The van der Waals surface area contributed by atoms with Crippen LogP contribution in [0, 0.1) is 11.2 Å². The van der Waals surface area contributed by atoms with Crippen molar-refractivity contribution in [1.29, 1.82) is 0 Å². The van der Waals surface area contributed by atoms with Crippen LogP contribution in [0.3, 0.4) is 0 Å². The first kappa shape index (κ1) is 15.8. The normalized spacial score (nSPS) is 26.9. The van der Waals surface area contributed by atoms with Gasteiger partial charge in [0.05, 0.1) is 17.5 Å². The molecule has 2 fully saturated rings. The average molecular weight is 326 g/mol. The summed E-state index contributed by atoms with van der Waals surface area (Å²) in [5, 5.41) is 0. The van der Waals surface area contributed by atoms with Gasteiger partial charge in [0.25, 0.3) is 11.8 Å². The number of hydrogen-bond donors (Lipinski definition) is 0. The number of amides is 2. The lowest BCUT2D eigenvalue weighted by Gasteiger charge is -2.42. The van der Waals surface area contributed by atoms with Gasteiger partial charge in [-0.05, 0) is 18.6 Å². The quantitative estimate of drug-likeness (QED) is 0.793. The third kappa shape index (κ3) is 2.68. The fraction of sp³-hybridized carbons (Fsp3) is 0.500. The van der Waals surface area contributed by atoms with Crippen LogP contribution in [0.2, 0.25) is 0 Å². The molecular weight excluding hydrogens is 309 g/mol. The van der Waals surface area contributed by atoms with Gasteiger partial charge in [0.15, 0.2) is 0 Å². The second-order valence-electron chi connectivity index (χ2n) is 6.43. The molecule has 2 saturated heterocycles. The molecule has 124 valence electrons. The topological polar surface area (TPSA) is 40.6 Å². The monoisotopic (exact) mass is 326 g/mol. The molecule has 1 atom stereocenters. The summed E-state index contributed by atoms with van der Waals surface area (Å²) in [4.78, 5) is 27.1. The molecule has 0 radical (unpaired) electrons. The maximum Gasteiger partial charge on any atom is 0.266 e. The highest BCUT2D eigenvalue weighted by molar-refractivity contribution is 5.95. The molecule has 0 N–H and O–H groups in total. The zero-order valence-corrected chi connectivity index (χ0v) is 12.7. The Labute approximate surface area is 131 Å². The highest BCUT2D eigenvalue weighted by atomic mass is 19.3. The highest BCUT2D eigenvalue weighted by Crippen LogP contribution is 2.45. The van der Waals surface area contributed by atoms with Gasteiger partial charge < -0.3 is 9.80 Å². The minimum absolute atomic E-state index is 0.0983. The first-order valence-corrected chi connectivity index (χ1v) is 7.41. The van der Waals surface area contributed by atoms with Crippen LogP contribution in [0.5, 0.6) is 0 Å². The van der Waals surface area contributed by atoms with Crippen LogP contribution in [0.15, 0.2) is 24.3 Å². The molecule has 2 aliphatic heterocycles. The number of carbonyl (C=O) groups is 2. The van der Waals surface area contributed by atoms with E-state index in [-0.39, 0.29) is 24.4 Å². The van der Waals surface area contributed by atoms with E-state index in [4.69, 9.17) is 0 Å². The molecule has 2 amide bonds. The molecule has 23 heavy (non-hydrogen) atoms. The SMILES string of the molecule is CN1CC[C@@]2(CN(C(=O)c3ccccc3F)CC(F)(F)C2)C1=O. The summed E-state index contributed by atoms with van der Waals surface area (Å²) in [5.74, 6) is -5.09. The van der Waals surface area contributed by atoms with Gasteiger partial charge in [-0.15, -0.1) is 0 Å². The lowest BCUT2D eigenvalue weighted by atomic mass is 9.76. The molecule has 1 aromatic rings. The minimum Gasteiger partial charge on any atom is -0.345 e. The molecule has 2 heterocycles. The second kappa shape index (κ2) is 5.25. The third-order valence-corrected chi connectivity index (χ3v) is 4.63. The summed E-state index contributed by atoms with van der Waals surface area (Å²) in [6.07, 6.45) is -0.288. The number of alkyl halides is 2. The number of piperidine rings is 1. The molecule has 0 saturated carbocycles. The molecular formula is C16H17F3N2O2. The Morgan fingerprint density at radius 3 is 2.52 bits per heavy atom. The lowest BCUT2D eigenvalue weighted by molar-refractivity contribution is -0.150. The first-order chi connectivity index (χ1) is 10.7. The summed E-state index contributed by atoms with van der Waals surface area (Å²) in [7, 11) is 1.56. The van der Waals surface area contributed by atoms with Crippen LogP contribution in [-0.4, -0.2) is 54.2 Å². The van der Waals surface area contributed by atoms with Crippen molar-refractivity contribution in [3.8, 4) is 0 Å². The van der Waals surface area contributed by atoms with Crippen molar-refractivity contribution < 1.29 is 22.8 Å². The van der Waals surface area contributed by atoms with Crippen molar-refractivity contribution in [2.75, 3.05) is 26.7 Å². The summed E-state index contributed by atoms with van der Waals surface area (Å²) >= 11 is 0. The number of hydrogen-bond acceptors (Lipinski definition) is 2. The van der Waals surface area contributed by atoms with Crippen LogP contribution < -0.4 is 0 Å². The maximum atomic E-state index is 14.2. The Morgan fingerprint density at radius 2 is 1.91 bits per heavy atom. The minimum atomic E-state index is -3.17. The van der Waals surface area contributed by atoms with E-state index in [0.29, 0.717) is 6.54 Å². The van der Waals surface area contributed by atoms with Gasteiger partial charge in [0.2, 0.25) is 5.91 Å². The third-order valence-electron chi connectivity index (χ3n) is 4.63. The van der Waals surface area contributed by atoms with Crippen molar-refractivity contribution in [3.05, 3.63) is 35.6 Å². The van der Waals surface area contributed by atoms with E-state index in [2.05, 4.69) is 0 Å². The highest BCUT2D eigenvalue weighted by Gasteiger charge is 2.57. The van der Waals surface area contributed by atoms with Crippen LogP contribution >= 0.6 is 0 Å². The van der Waals surface area contributed by atoms with E-state index < -0.39 is 36.0 Å². The van der Waals surface area contributed by atoms with Gasteiger partial charge in [-0.25, -0.2) is 13.2 Å². The predicted molar refractivity (Wildman–Crippen MR) is 76.6 cm³/mol. The molecule has 0 bridgehead atoms. The Kier molecular flexibility index (Phi) is 3.61. The van der Waals surface area contributed by atoms with Gasteiger partial charge in [-0.1, -0.05) is 12.1 Å². The van der Waals surface area contributed by atoms with Crippen molar-refractivity contribution >= 4 is 11.8 Å². The van der Waals surface area contributed by atoms with Crippen molar-refractivity contribution in [2.24, 2.45) is 5.41 Å².